The first-order valence-electron chi connectivity index (χ1n) is 4.09. The van der Waals surface area contributed by atoms with Crippen molar-refractivity contribution in [3.05, 3.63) is 0 Å². The van der Waals surface area contributed by atoms with Gasteiger partial charge in [0.2, 0.25) is 0 Å². The van der Waals surface area contributed by atoms with E-state index in [1.165, 1.54) is 7.05 Å². The van der Waals surface area contributed by atoms with Crippen LogP contribution in [0.25, 0.3) is 0 Å². The van der Waals surface area contributed by atoms with E-state index in [2.05, 4.69) is 4.84 Å². The molecule has 0 rings (SSSR count). The molecule has 4 heteroatoms. The highest BCUT2D eigenvalue weighted by Crippen LogP contribution is 1.97. The Morgan fingerprint density at radius 1 is 1.33 bits per heavy atom. The maximum absolute atomic E-state index is 11.0. The third-order valence-corrected chi connectivity index (χ3v) is 1.34. The second-order valence-corrected chi connectivity index (χ2v) is 2.46. The van der Waals surface area contributed by atoms with Crippen LogP contribution in [0.2, 0.25) is 0 Å². The van der Waals surface area contributed by atoms with Gasteiger partial charge in [-0.25, -0.2) is 4.79 Å². The van der Waals surface area contributed by atoms with E-state index in [1.54, 1.807) is 6.92 Å². The molecule has 4 nitrogen and oxygen atoms in total. The lowest BCUT2D eigenvalue weighted by atomic mass is 10.3. The standard InChI is InChI=1S/C8H15NO3/c1-4-6-7(10)9(3)12-8(11)5-2/h4-6H2,1-3H3. The van der Waals surface area contributed by atoms with Crippen molar-refractivity contribution in [2.45, 2.75) is 33.1 Å². The van der Waals surface area contributed by atoms with Gasteiger partial charge in [0.1, 0.15) is 0 Å². The number of hydrogen-bond acceptors (Lipinski definition) is 3. The second kappa shape index (κ2) is 5.57. The largest absolute Gasteiger partial charge is 0.338 e. The average molecular weight is 173 g/mol. The molecule has 0 aromatic carbocycles. The molecule has 70 valence electrons. The zero-order chi connectivity index (χ0) is 9.56. The number of hydroxylamine groups is 2. The van der Waals surface area contributed by atoms with Gasteiger partial charge in [0.15, 0.2) is 0 Å². The summed E-state index contributed by atoms with van der Waals surface area (Å²) in [5.41, 5.74) is 0. The molecule has 0 bridgehead atoms. The Labute approximate surface area is 72.4 Å². The Balaban J connectivity index is 3.78. The Hall–Kier alpha value is -1.06. The first kappa shape index (κ1) is 10.9. The van der Waals surface area contributed by atoms with Crippen molar-refractivity contribution in [2.75, 3.05) is 7.05 Å². The maximum Gasteiger partial charge on any atom is 0.332 e. The third kappa shape index (κ3) is 3.95. The molecule has 0 heterocycles. The smallest absolute Gasteiger partial charge is 0.332 e. The maximum atomic E-state index is 11.0. The quantitative estimate of drug-likeness (QED) is 0.601. The lowest BCUT2D eigenvalue weighted by Gasteiger charge is -2.14. The van der Waals surface area contributed by atoms with Crippen LogP contribution in [-0.4, -0.2) is 24.0 Å². The minimum absolute atomic E-state index is 0.167. The van der Waals surface area contributed by atoms with E-state index < -0.39 is 0 Å². The first-order valence-corrected chi connectivity index (χ1v) is 4.09. The van der Waals surface area contributed by atoms with Crippen molar-refractivity contribution in [1.29, 1.82) is 0 Å². The molecule has 0 radical (unpaired) electrons. The molecular weight excluding hydrogens is 158 g/mol. The summed E-state index contributed by atoms with van der Waals surface area (Å²) in [6.07, 6.45) is 1.45. The Morgan fingerprint density at radius 3 is 2.33 bits per heavy atom. The van der Waals surface area contributed by atoms with Crippen LogP contribution in [0.4, 0.5) is 0 Å². The van der Waals surface area contributed by atoms with Gasteiger partial charge in [-0.15, -0.1) is 0 Å². The van der Waals surface area contributed by atoms with E-state index in [0.717, 1.165) is 11.5 Å². The van der Waals surface area contributed by atoms with Crippen LogP contribution in [-0.2, 0) is 14.4 Å². The number of carbonyl (C=O) groups excluding carboxylic acids is 2. The molecule has 0 unspecified atom stereocenters. The van der Waals surface area contributed by atoms with Crippen LogP contribution in [0.5, 0.6) is 0 Å². The van der Waals surface area contributed by atoms with Crippen molar-refractivity contribution < 1.29 is 14.4 Å². The van der Waals surface area contributed by atoms with Crippen molar-refractivity contribution >= 4 is 11.9 Å². The third-order valence-electron chi connectivity index (χ3n) is 1.34. The van der Waals surface area contributed by atoms with Gasteiger partial charge in [0.25, 0.3) is 5.91 Å². The summed E-state index contributed by atoms with van der Waals surface area (Å²) in [5.74, 6) is -0.554. The van der Waals surface area contributed by atoms with Crippen molar-refractivity contribution in [2.24, 2.45) is 0 Å². The van der Waals surface area contributed by atoms with E-state index in [1.807, 2.05) is 6.92 Å². The van der Waals surface area contributed by atoms with E-state index in [9.17, 15) is 9.59 Å². The van der Waals surface area contributed by atoms with Crippen LogP contribution >= 0.6 is 0 Å². The summed E-state index contributed by atoms with van der Waals surface area (Å²) < 4.78 is 0. The monoisotopic (exact) mass is 173 g/mol. The summed E-state index contributed by atoms with van der Waals surface area (Å²) in [5, 5.41) is 0.995. The van der Waals surface area contributed by atoms with Gasteiger partial charge in [0.05, 0.1) is 0 Å². The summed E-state index contributed by atoms with van der Waals surface area (Å²) >= 11 is 0. The zero-order valence-electron chi connectivity index (χ0n) is 7.79. The molecule has 0 fully saturated rings. The number of amides is 1. The number of nitrogens with zero attached hydrogens (tertiary/aromatic N) is 1. The van der Waals surface area contributed by atoms with E-state index >= 15 is 0 Å². The Bertz CT molecular complexity index is 168. The molecule has 1 amide bonds. The molecule has 0 saturated heterocycles. The normalized spacial score (nSPS) is 9.25. The predicted octanol–water partition coefficient (Wildman–Crippen LogP) is 1.11. The van der Waals surface area contributed by atoms with Crippen molar-refractivity contribution in [3.63, 3.8) is 0 Å². The van der Waals surface area contributed by atoms with Gasteiger partial charge < -0.3 is 4.84 Å². The molecule has 0 aliphatic rings. The SMILES string of the molecule is CCCC(=O)N(C)OC(=O)CC. The van der Waals surface area contributed by atoms with Gasteiger partial charge in [-0.05, 0) is 6.42 Å². The second-order valence-electron chi connectivity index (χ2n) is 2.46. The van der Waals surface area contributed by atoms with Crippen molar-refractivity contribution in [1.82, 2.24) is 5.06 Å². The molecule has 12 heavy (non-hydrogen) atoms. The zero-order valence-corrected chi connectivity index (χ0v) is 7.79. The van der Waals surface area contributed by atoms with Gasteiger partial charge in [-0.3, -0.25) is 4.79 Å². The summed E-state index contributed by atoms with van der Waals surface area (Å²) in [4.78, 5) is 26.4. The van der Waals surface area contributed by atoms with Crippen LogP contribution < -0.4 is 0 Å². The van der Waals surface area contributed by atoms with E-state index in [4.69, 9.17) is 0 Å². The molecule has 0 aliphatic heterocycles. The molecule has 0 aliphatic carbocycles. The summed E-state index contributed by atoms with van der Waals surface area (Å²) in [6.45, 7) is 3.58. The predicted molar refractivity (Wildman–Crippen MR) is 44.1 cm³/mol. The van der Waals surface area contributed by atoms with Gasteiger partial charge in [-0.2, -0.15) is 5.06 Å². The molecule has 0 N–H and O–H groups in total. The van der Waals surface area contributed by atoms with Crippen LogP contribution in [0.15, 0.2) is 0 Å². The average Bonchev–Trinajstić information content (AvgIpc) is 2.04. The van der Waals surface area contributed by atoms with Crippen LogP contribution in [0, 0.1) is 0 Å². The summed E-state index contributed by atoms with van der Waals surface area (Å²) in [7, 11) is 1.45. The fourth-order valence-electron chi connectivity index (χ4n) is 0.639. The molecule has 0 aromatic rings. The highest BCUT2D eigenvalue weighted by molar-refractivity contribution is 5.77. The van der Waals surface area contributed by atoms with Gasteiger partial charge in [0, 0.05) is 19.9 Å². The van der Waals surface area contributed by atoms with E-state index in [0.29, 0.717) is 6.42 Å². The highest BCUT2D eigenvalue weighted by atomic mass is 16.7. The van der Waals surface area contributed by atoms with Gasteiger partial charge >= 0.3 is 5.97 Å². The Kier molecular flexibility index (Phi) is 5.08. The van der Waals surface area contributed by atoms with Crippen LogP contribution in [0.1, 0.15) is 33.1 Å². The topological polar surface area (TPSA) is 46.6 Å². The number of hydrogen-bond donors (Lipinski definition) is 0. The molecule has 0 spiro atoms. The lowest BCUT2D eigenvalue weighted by molar-refractivity contribution is -0.192. The minimum atomic E-state index is -0.387. The minimum Gasteiger partial charge on any atom is -0.338 e. The fraction of sp³-hybridized carbons (Fsp3) is 0.750. The first-order chi connectivity index (χ1) is 5.61. The van der Waals surface area contributed by atoms with Crippen LogP contribution in [0.3, 0.4) is 0 Å². The van der Waals surface area contributed by atoms with Gasteiger partial charge in [-0.1, -0.05) is 13.8 Å². The highest BCUT2D eigenvalue weighted by Gasteiger charge is 2.10. The molecular formula is C8H15NO3. The summed E-state index contributed by atoms with van der Waals surface area (Å²) in [6, 6.07) is 0. The molecule has 0 aromatic heterocycles. The molecule has 0 atom stereocenters. The number of carbonyl (C=O) groups is 2. The van der Waals surface area contributed by atoms with E-state index in [-0.39, 0.29) is 18.3 Å². The number of rotatable bonds is 3. The van der Waals surface area contributed by atoms with Crippen molar-refractivity contribution in [3.8, 4) is 0 Å². The lowest BCUT2D eigenvalue weighted by Crippen LogP contribution is -2.29. The fourth-order valence-corrected chi connectivity index (χ4v) is 0.639. The molecule has 0 saturated carbocycles. The Morgan fingerprint density at radius 2 is 1.92 bits per heavy atom.